The lowest BCUT2D eigenvalue weighted by Crippen LogP contribution is -2.76. The van der Waals surface area contributed by atoms with Gasteiger partial charge in [-0.3, -0.25) is 0 Å². The molecule has 4 saturated carbocycles. The number of aliphatic hydroxyl groups excluding tert-OH is 6. The fourth-order valence-electron chi connectivity index (χ4n) is 10.1. The molecule has 8 N–H and O–H groups in total. The summed E-state index contributed by atoms with van der Waals surface area (Å²) in [5.74, 6) is -1.93. The summed E-state index contributed by atoms with van der Waals surface area (Å²) in [6.45, 7) is 3.00. The van der Waals surface area contributed by atoms with Crippen molar-refractivity contribution in [3.05, 3.63) is 11.6 Å². The summed E-state index contributed by atoms with van der Waals surface area (Å²) in [6.07, 6.45) is -6.68. The quantitative estimate of drug-likeness (QED) is 0.140. The van der Waals surface area contributed by atoms with Crippen LogP contribution in [0.4, 0.5) is 0 Å². The van der Waals surface area contributed by atoms with Gasteiger partial charge in [-0.15, -0.1) is 0 Å². The van der Waals surface area contributed by atoms with E-state index in [1.807, 2.05) is 6.92 Å². The van der Waals surface area contributed by atoms with E-state index in [-0.39, 0.29) is 38.2 Å². The summed E-state index contributed by atoms with van der Waals surface area (Å²) in [5, 5.41) is 89.6. The third-order valence-corrected chi connectivity index (χ3v) is 12.2. The van der Waals surface area contributed by atoms with E-state index in [1.165, 1.54) is 13.0 Å². The standard InChI is InChI=1S/C29H44O12/c1-13-22(34)23(35)24(36)25(40-13)41-15-8-19(32)28(12-30)21-17(3-5-27(28,37)9-15)29(38)6-4-16(14-7-20(33)39-11-14)26(29,2)10-18(21)31/h7,13,15-19,21-25,30-32,34-38H,3-6,8-12H2,1-2H3/t13-,15?,16+,17+,18+,19+,21+,22-,23+,24+,25-,26+,27-,28+,29-/m0/s1. The molecule has 1 unspecified atom stereocenters. The van der Waals surface area contributed by atoms with E-state index in [4.69, 9.17) is 14.2 Å². The fraction of sp³-hybridized carbons (Fsp3) is 0.897. The minimum absolute atomic E-state index is 0.0369. The van der Waals surface area contributed by atoms with E-state index in [0.29, 0.717) is 19.3 Å². The van der Waals surface area contributed by atoms with Gasteiger partial charge in [-0.25, -0.2) is 4.79 Å². The van der Waals surface area contributed by atoms with Crippen molar-refractivity contribution in [2.24, 2.45) is 28.6 Å². The van der Waals surface area contributed by atoms with Crippen LogP contribution in [0.5, 0.6) is 0 Å². The highest BCUT2D eigenvalue weighted by Gasteiger charge is 2.75. The lowest BCUT2D eigenvalue weighted by Gasteiger charge is -2.68. The molecular formula is C29H44O12. The zero-order valence-electron chi connectivity index (χ0n) is 23.5. The van der Waals surface area contributed by atoms with Crippen LogP contribution < -0.4 is 0 Å². The molecule has 15 atom stereocenters. The van der Waals surface area contributed by atoms with E-state index in [9.17, 15) is 45.6 Å². The van der Waals surface area contributed by atoms with Gasteiger partial charge < -0.3 is 55.1 Å². The average molecular weight is 585 g/mol. The normalized spacial score (nSPS) is 56.9. The molecule has 0 aromatic carbocycles. The van der Waals surface area contributed by atoms with E-state index >= 15 is 0 Å². The molecule has 2 aliphatic heterocycles. The molecule has 5 fully saturated rings. The summed E-state index contributed by atoms with van der Waals surface area (Å²) in [7, 11) is 0. The Morgan fingerprint density at radius 3 is 2.41 bits per heavy atom. The molecule has 2 heterocycles. The molecule has 0 aromatic heterocycles. The highest BCUT2D eigenvalue weighted by molar-refractivity contribution is 5.85. The summed E-state index contributed by atoms with van der Waals surface area (Å²) in [6, 6.07) is 0. The number of ether oxygens (including phenoxy) is 3. The molecule has 12 nitrogen and oxygen atoms in total. The second-order valence-corrected chi connectivity index (χ2v) is 13.8. The molecule has 232 valence electrons. The topological polar surface area (TPSA) is 207 Å². The molecule has 0 amide bonds. The van der Waals surface area contributed by atoms with Crippen LogP contribution in [0, 0.1) is 28.6 Å². The zero-order chi connectivity index (χ0) is 29.7. The smallest absolute Gasteiger partial charge is 0.331 e. The summed E-state index contributed by atoms with van der Waals surface area (Å²) in [5.41, 5.74) is -4.46. The lowest BCUT2D eigenvalue weighted by molar-refractivity contribution is -0.342. The Morgan fingerprint density at radius 2 is 1.76 bits per heavy atom. The predicted octanol–water partition coefficient (Wildman–Crippen LogP) is -1.51. The van der Waals surface area contributed by atoms with Gasteiger partial charge in [0.05, 0.1) is 47.6 Å². The van der Waals surface area contributed by atoms with Crippen molar-refractivity contribution in [3.8, 4) is 0 Å². The maximum atomic E-state index is 12.4. The Kier molecular flexibility index (Phi) is 7.22. The first kappa shape index (κ1) is 29.9. The molecule has 0 spiro atoms. The number of fused-ring (bicyclic) bond motifs is 5. The van der Waals surface area contributed by atoms with Crippen molar-refractivity contribution in [2.75, 3.05) is 13.2 Å². The maximum Gasteiger partial charge on any atom is 0.331 e. The number of aliphatic hydroxyl groups is 8. The minimum atomic E-state index is -1.67. The maximum absolute atomic E-state index is 12.4. The van der Waals surface area contributed by atoms with Gasteiger partial charge in [0, 0.05) is 30.3 Å². The average Bonchev–Trinajstić information content (AvgIpc) is 3.45. The molecule has 4 aliphatic carbocycles. The van der Waals surface area contributed by atoms with Crippen LogP contribution in [0.25, 0.3) is 0 Å². The second kappa shape index (κ2) is 9.91. The third kappa shape index (κ3) is 3.99. The van der Waals surface area contributed by atoms with Crippen molar-refractivity contribution in [3.63, 3.8) is 0 Å². The number of rotatable bonds is 4. The number of hydrogen-bond acceptors (Lipinski definition) is 12. The van der Waals surface area contributed by atoms with Gasteiger partial charge in [-0.1, -0.05) is 6.92 Å². The molecule has 0 bridgehead atoms. The van der Waals surface area contributed by atoms with Crippen LogP contribution in [0.2, 0.25) is 0 Å². The van der Waals surface area contributed by atoms with Gasteiger partial charge in [-0.2, -0.15) is 0 Å². The Bertz CT molecular complexity index is 1080. The van der Waals surface area contributed by atoms with Gasteiger partial charge >= 0.3 is 5.97 Å². The molecule has 0 radical (unpaired) electrons. The largest absolute Gasteiger partial charge is 0.458 e. The van der Waals surface area contributed by atoms with Crippen LogP contribution in [0.1, 0.15) is 58.8 Å². The summed E-state index contributed by atoms with van der Waals surface area (Å²) in [4.78, 5) is 11.8. The van der Waals surface area contributed by atoms with E-state index in [1.54, 1.807) is 0 Å². The van der Waals surface area contributed by atoms with Gasteiger partial charge in [0.25, 0.3) is 0 Å². The SMILES string of the molecule is C[C@@H]1O[C@@H](OC2C[C@@H](O)[C@]3(CO)[C@H]4[C@H](O)C[C@]5(C)[C@@H](C6=CC(=O)OC6)CC[C@]5(O)[C@@H]4CC[C@]3(O)C2)[C@H](O)[C@H](O)[C@H]1O. The molecule has 41 heavy (non-hydrogen) atoms. The predicted molar refractivity (Wildman–Crippen MR) is 139 cm³/mol. The Labute approximate surface area is 238 Å². The van der Waals surface area contributed by atoms with E-state index in [2.05, 4.69) is 0 Å². The van der Waals surface area contributed by atoms with Gasteiger partial charge in [0.1, 0.15) is 24.9 Å². The lowest BCUT2D eigenvalue weighted by atomic mass is 9.40. The van der Waals surface area contributed by atoms with Crippen molar-refractivity contribution in [1.29, 1.82) is 0 Å². The van der Waals surface area contributed by atoms with Gasteiger partial charge in [-0.05, 0) is 56.4 Å². The van der Waals surface area contributed by atoms with Crippen molar-refractivity contribution >= 4 is 5.97 Å². The van der Waals surface area contributed by atoms with Gasteiger partial charge in [0.15, 0.2) is 6.29 Å². The van der Waals surface area contributed by atoms with E-state index in [0.717, 1.165) is 5.57 Å². The molecule has 12 heteroatoms. The van der Waals surface area contributed by atoms with Crippen LogP contribution in [0.15, 0.2) is 11.6 Å². The number of carbonyl (C=O) groups excluding carboxylic acids is 1. The van der Waals surface area contributed by atoms with E-state index < -0.39 is 95.5 Å². The minimum Gasteiger partial charge on any atom is -0.458 e. The first-order chi connectivity index (χ1) is 19.2. The Hall–Kier alpha value is -1.19. The fourth-order valence-corrected chi connectivity index (χ4v) is 10.1. The highest BCUT2D eigenvalue weighted by atomic mass is 16.7. The van der Waals surface area contributed by atoms with Crippen LogP contribution in [-0.4, -0.2) is 120 Å². The number of carbonyl (C=O) groups is 1. The second-order valence-electron chi connectivity index (χ2n) is 13.8. The number of hydrogen-bond donors (Lipinski definition) is 8. The van der Waals surface area contributed by atoms with Crippen molar-refractivity contribution in [2.45, 2.75) is 119 Å². The van der Waals surface area contributed by atoms with Crippen molar-refractivity contribution < 1.29 is 59.9 Å². The van der Waals surface area contributed by atoms with Crippen molar-refractivity contribution in [1.82, 2.24) is 0 Å². The Morgan fingerprint density at radius 1 is 1.02 bits per heavy atom. The summed E-state index contributed by atoms with van der Waals surface area (Å²) < 4.78 is 16.7. The van der Waals surface area contributed by atoms with Crippen LogP contribution in [0.3, 0.4) is 0 Å². The highest BCUT2D eigenvalue weighted by Crippen LogP contribution is 2.70. The number of cyclic esters (lactones) is 1. The number of esters is 1. The van der Waals surface area contributed by atoms with Gasteiger partial charge in [0.2, 0.25) is 0 Å². The molecule has 6 aliphatic rings. The first-order valence-electron chi connectivity index (χ1n) is 14.9. The Balaban J connectivity index is 1.28. The summed E-state index contributed by atoms with van der Waals surface area (Å²) >= 11 is 0. The zero-order valence-corrected chi connectivity index (χ0v) is 23.5. The van der Waals surface area contributed by atoms with Crippen LogP contribution >= 0.6 is 0 Å². The monoisotopic (exact) mass is 584 g/mol. The van der Waals surface area contributed by atoms with Crippen LogP contribution in [-0.2, 0) is 19.0 Å². The first-order valence-corrected chi connectivity index (χ1v) is 14.9. The molecule has 1 saturated heterocycles. The molecular weight excluding hydrogens is 540 g/mol. The molecule has 0 aromatic rings. The third-order valence-electron chi connectivity index (χ3n) is 12.2. The molecule has 6 rings (SSSR count).